The van der Waals surface area contributed by atoms with Crippen LogP contribution >= 0.6 is 0 Å². The minimum atomic E-state index is -0.597. The molecule has 0 aromatic heterocycles. The van der Waals surface area contributed by atoms with Crippen LogP contribution in [0.2, 0.25) is 0 Å². The molecular formula is C15H20O4. The lowest BCUT2D eigenvalue weighted by Crippen LogP contribution is -2.41. The van der Waals surface area contributed by atoms with Crippen LogP contribution in [0.5, 0.6) is 0 Å². The molecule has 1 fully saturated rings. The van der Waals surface area contributed by atoms with Gasteiger partial charge in [0.05, 0.1) is 25.7 Å². The van der Waals surface area contributed by atoms with Gasteiger partial charge in [0.15, 0.2) is 0 Å². The molecule has 1 N–H and O–H groups in total. The predicted molar refractivity (Wildman–Crippen MR) is 70.4 cm³/mol. The van der Waals surface area contributed by atoms with Crippen molar-refractivity contribution < 1.29 is 19.4 Å². The van der Waals surface area contributed by atoms with Crippen molar-refractivity contribution in [2.24, 2.45) is 5.92 Å². The second-order valence-corrected chi connectivity index (χ2v) is 4.99. The summed E-state index contributed by atoms with van der Waals surface area (Å²) in [4.78, 5) is 11.3. The van der Waals surface area contributed by atoms with E-state index in [0.717, 1.165) is 5.56 Å². The third-order valence-corrected chi connectivity index (χ3v) is 3.51. The highest BCUT2D eigenvalue weighted by atomic mass is 16.5. The molecule has 4 heteroatoms. The fraction of sp³-hybridized carbons (Fsp3) is 0.533. The molecule has 1 aromatic carbocycles. The van der Waals surface area contributed by atoms with Gasteiger partial charge in [-0.3, -0.25) is 4.79 Å². The number of carbonyl (C=O) groups is 1. The molecule has 0 radical (unpaired) electrons. The Hall–Kier alpha value is -1.39. The fourth-order valence-electron chi connectivity index (χ4n) is 2.21. The zero-order valence-corrected chi connectivity index (χ0v) is 11.1. The van der Waals surface area contributed by atoms with E-state index in [-0.39, 0.29) is 24.4 Å². The molecule has 3 atom stereocenters. The summed E-state index contributed by atoms with van der Waals surface area (Å²) in [6.07, 6.45) is -0.119. The van der Waals surface area contributed by atoms with Crippen molar-refractivity contribution in [1.29, 1.82) is 0 Å². The van der Waals surface area contributed by atoms with Crippen LogP contribution in [0.1, 0.15) is 25.3 Å². The molecule has 1 aromatic rings. The first-order valence-corrected chi connectivity index (χ1v) is 6.66. The van der Waals surface area contributed by atoms with Gasteiger partial charge in [-0.15, -0.1) is 0 Å². The lowest BCUT2D eigenvalue weighted by molar-refractivity contribution is -0.168. The molecule has 4 nitrogen and oxygen atoms in total. The fourth-order valence-corrected chi connectivity index (χ4v) is 2.21. The Morgan fingerprint density at radius 1 is 1.37 bits per heavy atom. The molecule has 0 amide bonds. The van der Waals surface area contributed by atoms with Gasteiger partial charge in [-0.25, -0.2) is 0 Å². The molecular weight excluding hydrogens is 244 g/mol. The molecule has 0 unspecified atom stereocenters. The maximum Gasteiger partial charge on any atom is 0.308 e. The highest BCUT2D eigenvalue weighted by molar-refractivity contribution is 5.71. The van der Waals surface area contributed by atoms with Gasteiger partial charge in [-0.2, -0.15) is 0 Å². The van der Waals surface area contributed by atoms with E-state index < -0.39 is 6.10 Å². The van der Waals surface area contributed by atoms with Crippen LogP contribution in [0.4, 0.5) is 0 Å². The van der Waals surface area contributed by atoms with Gasteiger partial charge in [-0.1, -0.05) is 37.3 Å². The molecule has 0 bridgehead atoms. The molecule has 1 aliphatic heterocycles. The largest absolute Gasteiger partial charge is 0.462 e. The second kappa shape index (κ2) is 6.68. The van der Waals surface area contributed by atoms with Crippen LogP contribution in [0.15, 0.2) is 30.3 Å². The first-order valence-electron chi connectivity index (χ1n) is 6.66. The number of cyclic esters (lactones) is 1. The summed E-state index contributed by atoms with van der Waals surface area (Å²) in [6, 6.07) is 9.92. The molecule has 104 valence electrons. The Morgan fingerprint density at radius 2 is 2.11 bits per heavy atom. The highest BCUT2D eigenvalue weighted by Gasteiger charge is 2.34. The van der Waals surface area contributed by atoms with Crippen molar-refractivity contribution in [2.75, 3.05) is 6.61 Å². The van der Waals surface area contributed by atoms with Crippen LogP contribution in [0.25, 0.3) is 0 Å². The Morgan fingerprint density at radius 3 is 2.84 bits per heavy atom. The third kappa shape index (κ3) is 4.04. The number of ether oxygens (including phenoxy) is 2. The van der Waals surface area contributed by atoms with E-state index in [4.69, 9.17) is 9.47 Å². The first kappa shape index (κ1) is 14.0. The van der Waals surface area contributed by atoms with Crippen LogP contribution in [-0.2, 0) is 20.9 Å². The van der Waals surface area contributed by atoms with Gasteiger partial charge >= 0.3 is 5.97 Å². The van der Waals surface area contributed by atoms with Crippen LogP contribution in [0.3, 0.4) is 0 Å². The minimum absolute atomic E-state index is 0.0296. The number of esters is 1. The van der Waals surface area contributed by atoms with Crippen LogP contribution in [0, 0.1) is 5.92 Å². The average Bonchev–Trinajstić information content (AvgIpc) is 2.41. The van der Waals surface area contributed by atoms with Crippen molar-refractivity contribution in [2.45, 2.75) is 38.6 Å². The number of rotatable bonds is 5. The lowest BCUT2D eigenvalue weighted by Gasteiger charge is -2.32. The Bertz CT molecular complexity index is 404. The average molecular weight is 264 g/mol. The topological polar surface area (TPSA) is 55.8 Å². The van der Waals surface area contributed by atoms with E-state index in [1.54, 1.807) is 0 Å². The summed E-state index contributed by atoms with van der Waals surface area (Å²) in [7, 11) is 0. The monoisotopic (exact) mass is 264 g/mol. The molecule has 0 saturated carbocycles. The summed E-state index contributed by atoms with van der Waals surface area (Å²) < 4.78 is 10.8. The Labute approximate surface area is 113 Å². The van der Waals surface area contributed by atoms with Crippen molar-refractivity contribution >= 4 is 5.97 Å². The van der Waals surface area contributed by atoms with Crippen LogP contribution in [-0.4, -0.2) is 29.9 Å². The zero-order valence-electron chi connectivity index (χ0n) is 11.1. The molecule has 0 aliphatic carbocycles. The number of benzene rings is 1. The summed E-state index contributed by atoms with van der Waals surface area (Å²) in [5, 5.41) is 9.71. The highest BCUT2D eigenvalue weighted by Crippen LogP contribution is 2.24. The van der Waals surface area contributed by atoms with E-state index >= 15 is 0 Å². The smallest absolute Gasteiger partial charge is 0.308 e. The van der Waals surface area contributed by atoms with Gasteiger partial charge in [0.1, 0.15) is 6.10 Å². The summed E-state index contributed by atoms with van der Waals surface area (Å²) in [6.45, 7) is 2.97. The molecule has 1 aliphatic rings. The lowest BCUT2D eigenvalue weighted by atomic mass is 9.91. The third-order valence-electron chi connectivity index (χ3n) is 3.51. The minimum Gasteiger partial charge on any atom is -0.462 e. The predicted octanol–water partition coefficient (Wildman–Crippen LogP) is 1.91. The van der Waals surface area contributed by atoms with E-state index in [9.17, 15) is 9.90 Å². The van der Waals surface area contributed by atoms with Gasteiger partial charge in [0.25, 0.3) is 0 Å². The Balaban J connectivity index is 1.71. The standard InChI is InChI=1S/C15H20O4/c1-11-13(16)9-15(17)19-14(11)7-8-18-10-12-5-3-2-4-6-12/h2-6,11,13-14,16H,7-10H2,1H3/t11-,13-,14+/m1/s1. The molecule has 19 heavy (non-hydrogen) atoms. The second-order valence-electron chi connectivity index (χ2n) is 4.99. The molecule has 1 saturated heterocycles. The zero-order chi connectivity index (χ0) is 13.7. The van der Waals surface area contributed by atoms with Crippen molar-refractivity contribution in [1.82, 2.24) is 0 Å². The van der Waals surface area contributed by atoms with Gasteiger partial charge in [-0.05, 0) is 5.56 Å². The Kier molecular flexibility index (Phi) is 4.93. The van der Waals surface area contributed by atoms with Crippen molar-refractivity contribution in [3.63, 3.8) is 0 Å². The summed E-state index contributed by atoms with van der Waals surface area (Å²) >= 11 is 0. The quantitative estimate of drug-likeness (QED) is 0.652. The maximum atomic E-state index is 11.3. The number of aliphatic hydroxyl groups is 1. The van der Waals surface area contributed by atoms with Crippen molar-refractivity contribution in [3.8, 4) is 0 Å². The van der Waals surface area contributed by atoms with E-state index in [0.29, 0.717) is 19.6 Å². The van der Waals surface area contributed by atoms with Crippen molar-refractivity contribution in [3.05, 3.63) is 35.9 Å². The van der Waals surface area contributed by atoms with Gasteiger partial charge in [0, 0.05) is 12.3 Å². The normalized spacial score (nSPS) is 27.1. The number of hydrogen-bond acceptors (Lipinski definition) is 4. The van der Waals surface area contributed by atoms with E-state index in [1.807, 2.05) is 37.3 Å². The van der Waals surface area contributed by atoms with E-state index in [1.165, 1.54) is 0 Å². The maximum absolute atomic E-state index is 11.3. The molecule has 0 spiro atoms. The number of carbonyl (C=O) groups excluding carboxylic acids is 1. The van der Waals surface area contributed by atoms with Gasteiger partial charge in [0.2, 0.25) is 0 Å². The SMILES string of the molecule is C[C@@H]1[C@H](O)CC(=O)O[C@H]1CCOCc1ccccc1. The molecule has 2 rings (SSSR count). The van der Waals surface area contributed by atoms with Crippen LogP contribution < -0.4 is 0 Å². The molecule has 1 heterocycles. The van der Waals surface area contributed by atoms with E-state index in [2.05, 4.69) is 0 Å². The summed E-state index contributed by atoms with van der Waals surface area (Å²) in [5.74, 6) is -0.350. The van der Waals surface area contributed by atoms with Gasteiger partial charge < -0.3 is 14.6 Å². The first-order chi connectivity index (χ1) is 9.16. The summed E-state index contributed by atoms with van der Waals surface area (Å²) in [5.41, 5.74) is 1.12. The number of hydrogen-bond donors (Lipinski definition) is 1. The number of aliphatic hydroxyl groups excluding tert-OH is 1.